The first-order chi connectivity index (χ1) is 15.8. The van der Waals surface area contributed by atoms with Crippen molar-refractivity contribution in [1.29, 1.82) is 0 Å². The van der Waals surface area contributed by atoms with E-state index in [1.807, 2.05) is 4.90 Å². The number of aromatic nitrogens is 4. The van der Waals surface area contributed by atoms with Crippen molar-refractivity contribution in [1.82, 2.24) is 24.8 Å². The molecule has 0 aliphatic carbocycles. The molecule has 3 aromatic rings. The third-order valence-electron chi connectivity index (χ3n) is 6.08. The number of rotatable bonds is 4. The van der Waals surface area contributed by atoms with E-state index < -0.39 is 11.7 Å². The molecule has 0 spiro atoms. The van der Waals surface area contributed by atoms with Gasteiger partial charge in [0.05, 0.1) is 22.2 Å². The molecule has 33 heavy (non-hydrogen) atoms. The van der Waals surface area contributed by atoms with E-state index in [9.17, 15) is 18.0 Å². The number of hydrogen-bond donors (Lipinski definition) is 1. The number of fused-ring (bicyclic) bond motifs is 2. The number of nitrogens with zero attached hydrogens (tertiary/aromatic N) is 5. The quantitative estimate of drug-likeness (QED) is 0.601. The number of pyridine rings is 2. The van der Waals surface area contributed by atoms with Crippen LogP contribution in [0.4, 0.5) is 19.0 Å². The zero-order valence-electron chi connectivity index (χ0n) is 17.1. The number of alkyl halides is 3. The van der Waals surface area contributed by atoms with Crippen LogP contribution in [0.25, 0.3) is 11.4 Å². The largest absolute Gasteiger partial charge is 0.417 e. The lowest BCUT2D eigenvalue weighted by molar-refractivity contribution is -0.137. The summed E-state index contributed by atoms with van der Waals surface area (Å²) >= 11 is 6.07. The van der Waals surface area contributed by atoms with E-state index in [0.29, 0.717) is 17.8 Å². The van der Waals surface area contributed by atoms with Crippen molar-refractivity contribution in [3.63, 3.8) is 0 Å². The maximum absolute atomic E-state index is 13.5. The number of halogens is 4. The van der Waals surface area contributed by atoms with Crippen molar-refractivity contribution in [3.05, 3.63) is 65.3 Å². The molecule has 2 aliphatic rings. The fourth-order valence-electron chi connectivity index (χ4n) is 4.65. The third-order valence-corrected chi connectivity index (χ3v) is 6.37. The summed E-state index contributed by atoms with van der Waals surface area (Å²) in [4.78, 5) is 32.0. The second kappa shape index (κ2) is 8.26. The van der Waals surface area contributed by atoms with Crippen molar-refractivity contribution >= 4 is 23.3 Å². The fourth-order valence-corrected chi connectivity index (χ4v) is 4.87. The van der Waals surface area contributed by atoms with Crippen LogP contribution >= 0.6 is 11.6 Å². The van der Waals surface area contributed by atoms with E-state index in [0.717, 1.165) is 25.1 Å². The fraction of sp³-hybridized carbons (Fsp3) is 0.318. The van der Waals surface area contributed by atoms with E-state index in [1.54, 1.807) is 36.8 Å². The molecule has 170 valence electrons. The molecule has 0 radical (unpaired) electrons. The minimum absolute atomic E-state index is 0.0141. The molecule has 2 bridgehead atoms. The number of hydrogen-bond acceptors (Lipinski definition) is 6. The minimum atomic E-state index is -4.52. The van der Waals surface area contributed by atoms with Gasteiger partial charge in [-0.15, -0.1) is 0 Å². The molecule has 2 saturated heterocycles. The molecule has 1 N–H and O–H groups in total. The van der Waals surface area contributed by atoms with Gasteiger partial charge in [0.2, 0.25) is 0 Å². The first-order valence-electron chi connectivity index (χ1n) is 10.4. The molecule has 2 aliphatic heterocycles. The Hall–Kier alpha value is -3.27. The van der Waals surface area contributed by atoms with Gasteiger partial charge in [0.25, 0.3) is 5.91 Å². The maximum atomic E-state index is 13.5. The Kier molecular flexibility index (Phi) is 5.40. The topological polar surface area (TPSA) is 83.9 Å². The summed E-state index contributed by atoms with van der Waals surface area (Å²) in [7, 11) is 0. The Morgan fingerprint density at radius 3 is 2.58 bits per heavy atom. The highest BCUT2D eigenvalue weighted by atomic mass is 35.5. The maximum Gasteiger partial charge on any atom is 0.417 e. The van der Waals surface area contributed by atoms with Crippen LogP contribution in [-0.4, -0.2) is 48.9 Å². The van der Waals surface area contributed by atoms with Gasteiger partial charge in [-0.2, -0.15) is 13.2 Å². The smallest absolute Gasteiger partial charge is 0.364 e. The number of carbonyl (C=O) groups is 1. The molecule has 3 unspecified atom stereocenters. The molecular formula is C22H18ClF3N6O. The van der Waals surface area contributed by atoms with Gasteiger partial charge in [0.1, 0.15) is 11.5 Å². The van der Waals surface area contributed by atoms with Gasteiger partial charge in [0, 0.05) is 36.9 Å². The van der Waals surface area contributed by atoms with Crippen LogP contribution in [0.15, 0.2) is 49.1 Å². The Balaban J connectivity index is 1.38. The van der Waals surface area contributed by atoms with Gasteiger partial charge in [-0.3, -0.25) is 9.78 Å². The Morgan fingerprint density at radius 1 is 1.09 bits per heavy atom. The molecule has 0 saturated carbocycles. The average molecular weight is 475 g/mol. The lowest BCUT2D eigenvalue weighted by Gasteiger charge is -2.26. The van der Waals surface area contributed by atoms with Crippen LogP contribution < -0.4 is 5.32 Å². The standard InChI is InChI=1S/C22H18ClF3N6O/c23-15-9-12(22(24,25)26)11-30-20(15)31-16-10-13-4-5-17(16)32(13)21(33)18-14(3-1-6-27-18)19-28-7-2-8-29-19/h1-3,6-9,11,13,16-17H,4-5,10H2,(H,30,31). The van der Waals surface area contributed by atoms with Crippen molar-refractivity contribution in [2.75, 3.05) is 5.32 Å². The second-order valence-corrected chi connectivity index (χ2v) is 8.43. The number of nitrogens with one attached hydrogen (secondary N) is 1. The highest BCUT2D eigenvalue weighted by molar-refractivity contribution is 6.33. The second-order valence-electron chi connectivity index (χ2n) is 8.02. The lowest BCUT2D eigenvalue weighted by atomic mass is 9.95. The molecule has 3 aromatic heterocycles. The number of anilines is 1. The Morgan fingerprint density at radius 2 is 1.85 bits per heavy atom. The van der Waals surface area contributed by atoms with E-state index >= 15 is 0 Å². The van der Waals surface area contributed by atoms with Crippen molar-refractivity contribution < 1.29 is 18.0 Å². The summed E-state index contributed by atoms with van der Waals surface area (Å²) in [5, 5.41) is 3.04. The minimum Gasteiger partial charge on any atom is -0.364 e. The van der Waals surface area contributed by atoms with Crippen LogP contribution in [0.2, 0.25) is 5.02 Å². The Labute approximate surface area is 192 Å². The summed E-state index contributed by atoms with van der Waals surface area (Å²) in [5.41, 5.74) is -0.0908. The van der Waals surface area contributed by atoms with Gasteiger partial charge in [0.15, 0.2) is 5.82 Å². The summed E-state index contributed by atoms with van der Waals surface area (Å²) in [6.45, 7) is 0. The highest BCUT2D eigenvalue weighted by Crippen LogP contribution is 2.41. The molecule has 7 nitrogen and oxygen atoms in total. The summed E-state index contributed by atoms with van der Waals surface area (Å²) in [6, 6.07) is 5.67. The average Bonchev–Trinajstić information content (AvgIpc) is 3.37. The van der Waals surface area contributed by atoms with Crippen LogP contribution in [0.5, 0.6) is 0 Å². The monoisotopic (exact) mass is 474 g/mol. The van der Waals surface area contributed by atoms with Crippen molar-refractivity contribution in [3.8, 4) is 11.4 Å². The van der Waals surface area contributed by atoms with E-state index in [1.165, 1.54) is 0 Å². The molecule has 11 heteroatoms. The van der Waals surface area contributed by atoms with Crippen LogP contribution in [0.3, 0.4) is 0 Å². The summed E-state index contributed by atoms with van der Waals surface area (Å²) < 4.78 is 38.7. The predicted molar refractivity (Wildman–Crippen MR) is 115 cm³/mol. The van der Waals surface area contributed by atoms with Crippen LogP contribution in [-0.2, 0) is 6.18 Å². The van der Waals surface area contributed by atoms with Crippen molar-refractivity contribution in [2.45, 2.75) is 43.6 Å². The molecule has 5 rings (SSSR count). The van der Waals surface area contributed by atoms with Gasteiger partial charge < -0.3 is 10.2 Å². The number of carbonyl (C=O) groups excluding carboxylic acids is 1. The van der Waals surface area contributed by atoms with E-state index in [-0.39, 0.29) is 40.6 Å². The first-order valence-corrected chi connectivity index (χ1v) is 10.7. The van der Waals surface area contributed by atoms with Gasteiger partial charge in [-0.05, 0) is 43.5 Å². The molecule has 0 aromatic carbocycles. The predicted octanol–water partition coefficient (Wildman–Crippen LogP) is 4.46. The molecule has 5 heterocycles. The van der Waals surface area contributed by atoms with Crippen LogP contribution in [0, 0.1) is 0 Å². The van der Waals surface area contributed by atoms with E-state index in [4.69, 9.17) is 11.6 Å². The SMILES string of the molecule is O=C(c1ncccc1-c1ncccn1)N1C2CCC1C(Nc1ncc(C(F)(F)F)cc1Cl)C2. The zero-order chi connectivity index (χ0) is 23.2. The van der Waals surface area contributed by atoms with Crippen LogP contribution in [0.1, 0.15) is 35.3 Å². The zero-order valence-corrected chi connectivity index (χ0v) is 17.9. The first kappa shape index (κ1) is 21.6. The van der Waals surface area contributed by atoms with Gasteiger partial charge in [-0.1, -0.05) is 11.6 Å². The van der Waals surface area contributed by atoms with Gasteiger partial charge >= 0.3 is 6.18 Å². The summed E-state index contributed by atoms with van der Waals surface area (Å²) in [5.74, 6) is 0.364. The number of amides is 1. The summed E-state index contributed by atoms with van der Waals surface area (Å²) in [6.07, 6.45) is 3.23. The molecule has 3 atom stereocenters. The van der Waals surface area contributed by atoms with Crippen molar-refractivity contribution in [2.24, 2.45) is 0 Å². The molecular weight excluding hydrogens is 457 g/mol. The van der Waals surface area contributed by atoms with Gasteiger partial charge in [-0.25, -0.2) is 15.0 Å². The third kappa shape index (κ3) is 3.99. The lowest BCUT2D eigenvalue weighted by Crippen LogP contribution is -2.40. The highest BCUT2D eigenvalue weighted by Gasteiger charge is 2.49. The molecule has 1 amide bonds. The Bertz CT molecular complexity index is 1190. The van der Waals surface area contributed by atoms with E-state index in [2.05, 4.69) is 25.3 Å². The normalized spacial score (nSPS) is 21.9. The molecule has 2 fully saturated rings.